The summed E-state index contributed by atoms with van der Waals surface area (Å²) in [5.74, 6) is -0.703. The Morgan fingerprint density at radius 3 is 2.70 bits per heavy atom. The summed E-state index contributed by atoms with van der Waals surface area (Å²) in [5, 5.41) is 2.26. The Hall–Kier alpha value is -2.16. The van der Waals surface area contributed by atoms with Crippen LogP contribution in [0.1, 0.15) is 18.9 Å². The van der Waals surface area contributed by atoms with Crippen molar-refractivity contribution in [3.63, 3.8) is 0 Å². The summed E-state index contributed by atoms with van der Waals surface area (Å²) in [6.45, 7) is 2.11. The van der Waals surface area contributed by atoms with Gasteiger partial charge in [-0.3, -0.25) is 4.79 Å². The van der Waals surface area contributed by atoms with Crippen molar-refractivity contribution in [3.05, 3.63) is 48.0 Å². The normalized spacial score (nSPS) is 12.1. The molecule has 20 heavy (non-hydrogen) atoms. The first-order chi connectivity index (χ1) is 9.76. The number of rotatable bonds is 6. The third kappa shape index (κ3) is 3.23. The fourth-order valence-electron chi connectivity index (χ4n) is 2.38. The van der Waals surface area contributed by atoms with Crippen molar-refractivity contribution in [2.24, 2.45) is 5.92 Å². The maximum atomic E-state index is 11.9. The summed E-state index contributed by atoms with van der Waals surface area (Å²) in [7, 11) is 0. The average molecular weight is 270 g/mol. The smallest absolute Gasteiger partial charge is 0.309 e. The molecule has 0 saturated carbocycles. The summed E-state index contributed by atoms with van der Waals surface area (Å²) >= 11 is 0. The number of ether oxygens (including phenoxy) is 1. The van der Waals surface area contributed by atoms with E-state index in [1.165, 1.54) is 0 Å². The minimum Gasteiger partial charge on any atom is -0.466 e. The molecule has 0 aliphatic heterocycles. The van der Waals surface area contributed by atoms with Crippen LogP contribution in [-0.2, 0) is 20.7 Å². The fourth-order valence-corrected chi connectivity index (χ4v) is 2.38. The van der Waals surface area contributed by atoms with E-state index >= 15 is 0 Å². The standard InChI is InChI=1S/C17H18O3/c1-2-20-17(19)15(10-11-18)12-14-8-5-7-13-6-3-4-9-16(13)14/h3-9,11,15H,2,10,12H2,1H3. The van der Waals surface area contributed by atoms with Crippen molar-refractivity contribution in [1.29, 1.82) is 0 Å². The number of hydrogen-bond acceptors (Lipinski definition) is 3. The van der Waals surface area contributed by atoms with Gasteiger partial charge in [0, 0.05) is 6.42 Å². The zero-order valence-corrected chi connectivity index (χ0v) is 11.5. The highest BCUT2D eigenvalue weighted by atomic mass is 16.5. The molecule has 0 fully saturated rings. The van der Waals surface area contributed by atoms with Crippen molar-refractivity contribution in [2.75, 3.05) is 6.61 Å². The highest BCUT2D eigenvalue weighted by Gasteiger charge is 2.20. The molecule has 2 rings (SSSR count). The Bertz CT molecular complexity index is 599. The molecule has 0 N–H and O–H groups in total. The van der Waals surface area contributed by atoms with Gasteiger partial charge in [0.25, 0.3) is 0 Å². The topological polar surface area (TPSA) is 43.4 Å². The van der Waals surface area contributed by atoms with E-state index in [-0.39, 0.29) is 12.4 Å². The van der Waals surface area contributed by atoms with Gasteiger partial charge < -0.3 is 9.53 Å². The van der Waals surface area contributed by atoms with Crippen molar-refractivity contribution in [3.8, 4) is 0 Å². The molecule has 3 nitrogen and oxygen atoms in total. The predicted octanol–water partition coefficient (Wildman–Crippen LogP) is 3.15. The summed E-state index contributed by atoms with van der Waals surface area (Å²) in [5.41, 5.74) is 1.07. The number of carbonyl (C=O) groups is 2. The van der Waals surface area contributed by atoms with Crippen LogP contribution in [0.15, 0.2) is 42.5 Å². The lowest BCUT2D eigenvalue weighted by molar-refractivity contribution is -0.148. The van der Waals surface area contributed by atoms with E-state index in [4.69, 9.17) is 4.74 Å². The quantitative estimate of drug-likeness (QED) is 0.598. The zero-order valence-electron chi connectivity index (χ0n) is 11.5. The Morgan fingerprint density at radius 2 is 1.95 bits per heavy atom. The monoisotopic (exact) mass is 270 g/mol. The van der Waals surface area contributed by atoms with Gasteiger partial charge in [-0.1, -0.05) is 42.5 Å². The molecule has 0 aliphatic rings. The molecular weight excluding hydrogens is 252 g/mol. The first-order valence-corrected chi connectivity index (χ1v) is 6.83. The van der Waals surface area contributed by atoms with Crippen LogP contribution in [0.3, 0.4) is 0 Å². The molecule has 1 atom stereocenters. The molecule has 3 heteroatoms. The Morgan fingerprint density at radius 1 is 1.20 bits per heavy atom. The Balaban J connectivity index is 2.28. The second-order valence-corrected chi connectivity index (χ2v) is 4.69. The lowest BCUT2D eigenvalue weighted by Crippen LogP contribution is -2.20. The number of esters is 1. The van der Waals surface area contributed by atoms with Crippen LogP contribution in [0.4, 0.5) is 0 Å². The van der Waals surface area contributed by atoms with Gasteiger partial charge in [0.15, 0.2) is 0 Å². The summed E-state index contributed by atoms with van der Waals surface area (Å²) < 4.78 is 5.04. The average Bonchev–Trinajstić information content (AvgIpc) is 2.47. The molecule has 0 saturated heterocycles. The van der Waals surface area contributed by atoms with E-state index < -0.39 is 5.92 Å². The van der Waals surface area contributed by atoms with E-state index in [2.05, 4.69) is 0 Å². The molecule has 0 bridgehead atoms. The van der Waals surface area contributed by atoms with Gasteiger partial charge in [0.1, 0.15) is 6.29 Å². The van der Waals surface area contributed by atoms with Crippen LogP contribution in [0.2, 0.25) is 0 Å². The minimum absolute atomic E-state index is 0.196. The van der Waals surface area contributed by atoms with Crippen LogP contribution in [0.5, 0.6) is 0 Å². The second kappa shape index (κ2) is 6.85. The van der Waals surface area contributed by atoms with Crippen LogP contribution < -0.4 is 0 Å². The van der Waals surface area contributed by atoms with E-state index in [0.29, 0.717) is 13.0 Å². The number of benzene rings is 2. The largest absolute Gasteiger partial charge is 0.466 e. The van der Waals surface area contributed by atoms with Gasteiger partial charge in [-0.15, -0.1) is 0 Å². The Kier molecular flexibility index (Phi) is 4.88. The lowest BCUT2D eigenvalue weighted by Gasteiger charge is -2.14. The molecule has 104 valence electrons. The van der Waals surface area contributed by atoms with Crippen LogP contribution in [-0.4, -0.2) is 18.9 Å². The molecule has 0 amide bonds. The molecule has 1 unspecified atom stereocenters. The van der Waals surface area contributed by atoms with E-state index in [1.807, 2.05) is 42.5 Å². The van der Waals surface area contributed by atoms with E-state index in [9.17, 15) is 9.59 Å². The maximum Gasteiger partial charge on any atom is 0.309 e. The molecule has 0 spiro atoms. The van der Waals surface area contributed by atoms with Gasteiger partial charge in [-0.2, -0.15) is 0 Å². The van der Waals surface area contributed by atoms with E-state index in [0.717, 1.165) is 22.6 Å². The molecule has 0 aliphatic carbocycles. The predicted molar refractivity (Wildman–Crippen MR) is 78.5 cm³/mol. The molecule has 0 radical (unpaired) electrons. The highest BCUT2D eigenvalue weighted by Crippen LogP contribution is 2.22. The van der Waals surface area contributed by atoms with Crippen molar-refractivity contribution in [2.45, 2.75) is 19.8 Å². The number of carbonyl (C=O) groups excluding carboxylic acids is 2. The van der Waals surface area contributed by atoms with Gasteiger partial charge in [0.2, 0.25) is 0 Å². The van der Waals surface area contributed by atoms with Crippen LogP contribution in [0, 0.1) is 5.92 Å². The SMILES string of the molecule is CCOC(=O)C(CC=O)Cc1cccc2ccccc12. The Labute approximate surface area is 118 Å². The second-order valence-electron chi connectivity index (χ2n) is 4.69. The van der Waals surface area contributed by atoms with E-state index in [1.54, 1.807) is 6.92 Å². The van der Waals surface area contributed by atoms with Gasteiger partial charge in [-0.05, 0) is 29.7 Å². The van der Waals surface area contributed by atoms with Crippen LogP contribution in [0.25, 0.3) is 10.8 Å². The number of fused-ring (bicyclic) bond motifs is 1. The summed E-state index contributed by atoms with van der Waals surface area (Å²) in [4.78, 5) is 22.7. The molecule has 2 aromatic rings. The van der Waals surface area contributed by atoms with Crippen molar-refractivity contribution in [1.82, 2.24) is 0 Å². The third-order valence-corrected chi connectivity index (χ3v) is 3.35. The minimum atomic E-state index is -0.404. The molecule has 0 aromatic heterocycles. The maximum absolute atomic E-state index is 11.9. The van der Waals surface area contributed by atoms with Gasteiger partial charge >= 0.3 is 5.97 Å². The van der Waals surface area contributed by atoms with Crippen LogP contribution >= 0.6 is 0 Å². The molecular formula is C17H18O3. The third-order valence-electron chi connectivity index (χ3n) is 3.35. The first-order valence-electron chi connectivity index (χ1n) is 6.83. The van der Waals surface area contributed by atoms with Crippen molar-refractivity contribution < 1.29 is 14.3 Å². The van der Waals surface area contributed by atoms with Gasteiger partial charge in [-0.25, -0.2) is 0 Å². The summed E-state index contributed by atoms with van der Waals surface area (Å²) in [6.07, 6.45) is 1.51. The molecule has 0 heterocycles. The highest BCUT2D eigenvalue weighted by molar-refractivity contribution is 5.86. The zero-order chi connectivity index (χ0) is 14.4. The first kappa shape index (κ1) is 14.3. The van der Waals surface area contributed by atoms with Crippen molar-refractivity contribution >= 4 is 23.0 Å². The number of hydrogen-bond donors (Lipinski definition) is 0. The lowest BCUT2D eigenvalue weighted by atomic mass is 9.93. The van der Waals surface area contributed by atoms with Gasteiger partial charge in [0.05, 0.1) is 12.5 Å². The number of aldehydes is 1. The molecule has 2 aromatic carbocycles. The summed E-state index contributed by atoms with van der Waals surface area (Å²) in [6, 6.07) is 14.1. The fraction of sp³-hybridized carbons (Fsp3) is 0.294.